The standard InChI is InChI=1S/C28H23BrFN3O4/c1-17(32-28(34)25-12-13-26(29)37-25)27(18-4-3-5-22(14-18)35-2)36-23-10-11-24-19(15-23)16-31-33(24)21-8-6-20(30)7-9-21/h3-17,27H,1-2H3,(H,32,34). The lowest BCUT2D eigenvalue weighted by atomic mass is 10.0. The summed E-state index contributed by atoms with van der Waals surface area (Å²) in [5.74, 6) is 0.806. The van der Waals surface area contributed by atoms with Gasteiger partial charge in [-0.05, 0) is 95.1 Å². The summed E-state index contributed by atoms with van der Waals surface area (Å²) in [6.45, 7) is 1.87. The Bertz CT molecular complexity index is 1550. The van der Waals surface area contributed by atoms with E-state index in [-0.39, 0.29) is 17.5 Å². The number of benzene rings is 3. The van der Waals surface area contributed by atoms with Crippen LogP contribution in [0, 0.1) is 5.82 Å². The van der Waals surface area contributed by atoms with Gasteiger partial charge in [-0.3, -0.25) is 4.79 Å². The Balaban J connectivity index is 1.44. The molecule has 0 saturated heterocycles. The van der Waals surface area contributed by atoms with Gasteiger partial charge in [-0.1, -0.05) is 12.1 Å². The van der Waals surface area contributed by atoms with Crippen LogP contribution < -0.4 is 14.8 Å². The van der Waals surface area contributed by atoms with Gasteiger partial charge in [-0.2, -0.15) is 5.10 Å². The predicted octanol–water partition coefficient (Wildman–Crippen LogP) is 6.47. The summed E-state index contributed by atoms with van der Waals surface area (Å²) in [4.78, 5) is 12.8. The van der Waals surface area contributed by atoms with Crippen LogP contribution in [0.1, 0.15) is 29.1 Å². The summed E-state index contributed by atoms with van der Waals surface area (Å²) in [6.07, 6.45) is 1.19. The zero-order chi connectivity index (χ0) is 25.9. The molecule has 2 heterocycles. The number of hydrogen-bond acceptors (Lipinski definition) is 5. The number of furan rings is 1. The van der Waals surface area contributed by atoms with E-state index < -0.39 is 12.1 Å². The van der Waals surface area contributed by atoms with E-state index in [1.165, 1.54) is 12.1 Å². The molecule has 2 aromatic heterocycles. The first-order valence-electron chi connectivity index (χ1n) is 11.5. The molecule has 2 unspecified atom stereocenters. The van der Waals surface area contributed by atoms with Crippen molar-refractivity contribution in [3.05, 3.63) is 107 Å². The van der Waals surface area contributed by atoms with Crippen LogP contribution >= 0.6 is 15.9 Å². The summed E-state index contributed by atoms with van der Waals surface area (Å²) in [7, 11) is 1.60. The molecule has 0 fully saturated rings. The SMILES string of the molecule is COc1cccc(C(Oc2ccc3c(cnn3-c3ccc(F)cc3)c2)C(C)NC(=O)c2ccc(Br)o2)c1. The minimum absolute atomic E-state index is 0.192. The fourth-order valence-corrected chi connectivity index (χ4v) is 4.39. The third-order valence-corrected chi connectivity index (χ3v) is 6.33. The van der Waals surface area contributed by atoms with E-state index in [9.17, 15) is 9.18 Å². The molecule has 0 aliphatic heterocycles. The van der Waals surface area contributed by atoms with Crippen LogP contribution in [-0.2, 0) is 0 Å². The van der Waals surface area contributed by atoms with Crippen molar-refractivity contribution in [2.75, 3.05) is 7.11 Å². The summed E-state index contributed by atoms with van der Waals surface area (Å²) in [6, 6.07) is 22.1. The van der Waals surface area contributed by atoms with Gasteiger partial charge in [0, 0.05) is 5.39 Å². The second-order valence-electron chi connectivity index (χ2n) is 8.43. The molecule has 7 nitrogen and oxygen atoms in total. The average Bonchev–Trinajstić information content (AvgIpc) is 3.54. The van der Waals surface area contributed by atoms with Crippen molar-refractivity contribution >= 4 is 32.7 Å². The molecule has 37 heavy (non-hydrogen) atoms. The number of carbonyl (C=O) groups excluding carboxylic acids is 1. The van der Waals surface area contributed by atoms with E-state index in [4.69, 9.17) is 13.9 Å². The van der Waals surface area contributed by atoms with Gasteiger partial charge in [0.05, 0.1) is 30.6 Å². The minimum atomic E-state index is -0.540. The number of rotatable bonds is 8. The van der Waals surface area contributed by atoms with Crippen LogP contribution in [0.4, 0.5) is 4.39 Å². The lowest BCUT2D eigenvalue weighted by Gasteiger charge is -2.26. The van der Waals surface area contributed by atoms with Crippen LogP contribution in [0.3, 0.4) is 0 Å². The molecule has 188 valence electrons. The first-order valence-corrected chi connectivity index (χ1v) is 12.3. The summed E-state index contributed by atoms with van der Waals surface area (Å²) in [5.41, 5.74) is 2.43. The van der Waals surface area contributed by atoms with Crippen molar-refractivity contribution < 1.29 is 23.1 Å². The Morgan fingerprint density at radius 2 is 1.86 bits per heavy atom. The number of carbonyl (C=O) groups is 1. The molecule has 3 aromatic carbocycles. The molecule has 0 aliphatic rings. The van der Waals surface area contributed by atoms with Crippen LogP contribution in [0.25, 0.3) is 16.6 Å². The summed E-state index contributed by atoms with van der Waals surface area (Å²) >= 11 is 3.22. The molecule has 0 bridgehead atoms. The quantitative estimate of drug-likeness (QED) is 0.234. The molecule has 2 atom stereocenters. The largest absolute Gasteiger partial charge is 0.497 e. The Hall–Kier alpha value is -4.11. The molecule has 9 heteroatoms. The molecule has 0 aliphatic carbocycles. The zero-order valence-electron chi connectivity index (χ0n) is 20.0. The van der Waals surface area contributed by atoms with Crippen LogP contribution in [0.2, 0.25) is 0 Å². The van der Waals surface area contributed by atoms with E-state index in [0.29, 0.717) is 16.2 Å². The smallest absolute Gasteiger partial charge is 0.287 e. The van der Waals surface area contributed by atoms with Gasteiger partial charge < -0.3 is 19.2 Å². The molecular formula is C28H23BrFN3O4. The lowest BCUT2D eigenvalue weighted by Crippen LogP contribution is -2.39. The molecule has 1 N–H and O–H groups in total. The Morgan fingerprint density at radius 1 is 1.05 bits per heavy atom. The van der Waals surface area contributed by atoms with Crippen LogP contribution in [0.15, 0.2) is 94.1 Å². The molecule has 0 saturated carbocycles. The number of hydrogen-bond donors (Lipinski definition) is 1. The topological polar surface area (TPSA) is 78.5 Å². The van der Waals surface area contributed by atoms with Gasteiger partial charge in [0.25, 0.3) is 5.91 Å². The van der Waals surface area contributed by atoms with E-state index in [1.54, 1.807) is 42.3 Å². The number of methoxy groups -OCH3 is 1. The molecule has 5 rings (SSSR count). The number of halogens is 2. The van der Waals surface area contributed by atoms with E-state index >= 15 is 0 Å². The van der Waals surface area contributed by atoms with Gasteiger partial charge in [0.1, 0.15) is 23.4 Å². The normalized spacial score (nSPS) is 12.8. The van der Waals surface area contributed by atoms with Gasteiger partial charge in [0.15, 0.2) is 10.4 Å². The third kappa shape index (κ3) is 5.36. The fraction of sp³-hybridized carbons (Fsp3) is 0.143. The first kappa shape index (κ1) is 24.6. The highest BCUT2D eigenvalue weighted by atomic mass is 79.9. The molecule has 0 spiro atoms. The maximum absolute atomic E-state index is 13.4. The molecule has 1 amide bonds. The average molecular weight is 564 g/mol. The van der Waals surface area contributed by atoms with Crippen molar-refractivity contribution in [2.24, 2.45) is 0 Å². The van der Waals surface area contributed by atoms with Crippen molar-refractivity contribution in [3.63, 3.8) is 0 Å². The number of nitrogens with one attached hydrogen (secondary N) is 1. The Kier molecular flexibility index (Phi) is 6.96. The van der Waals surface area contributed by atoms with Crippen molar-refractivity contribution in [3.8, 4) is 17.2 Å². The first-order chi connectivity index (χ1) is 17.9. The predicted molar refractivity (Wildman–Crippen MR) is 141 cm³/mol. The summed E-state index contributed by atoms with van der Waals surface area (Å²) in [5, 5.41) is 8.27. The van der Waals surface area contributed by atoms with Gasteiger partial charge in [-0.15, -0.1) is 0 Å². The van der Waals surface area contributed by atoms with E-state index in [1.807, 2.05) is 49.4 Å². The van der Waals surface area contributed by atoms with Crippen molar-refractivity contribution in [1.29, 1.82) is 0 Å². The second kappa shape index (κ2) is 10.5. The zero-order valence-corrected chi connectivity index (χ0v) is 21.6. The fourth-order valence-electron chi connectivity index (χ4n) is 4.09. The molecular weight excluding hydrogens is 541 g/mol. The number of ether oxygens (including phenoxy) is 2. The van der Waals surface area contributed by atoms with E-state index in [2.05, 4.69) is 26.3 Å². The van der Waals surface area contributed by atoms with Gasteiger partial charge in [0.2, 0.25) is 0 Å². The Morgan fingerprint density at radius 3 is 2.59 bits per heavy atom. The molecule has 0 radical (unpaired) electrons. The summed E-state index contributed by atoms with van der Waals surface area (Å²) < 4.78 is 32.8. The van der Waals surface area contributed by atoms with Crippen LogP contribution in [-0.4, -0.2) is 28.8 Å². The maximum atomic E-state index is 13.4. The molecule has 5 aromatic rings. The highest BCUT2D eigenvalue weighted by Gasteiger charge is 2.25. The van der Waals surface area contributed by atoms with Crippen LogP contribution in [0.5, 0.6) is 11.5 Å². The number of nitrogens with zero attached hydrogens (tertiary/aromatic N) is 2. The second-order valence-corrected chi connectivity index (χ2v) is 9.22. The lowest BCUT2D eigenvalue weighted by molar-refractivity contribution is 0.0853. The van der Waals surface area contributed by atoms with E-state index in [0.717, 1.165) is 22.2 Å². The van der Waals surface area contributed by atoms with Crippen molar-refractivity contribution in [2.45, 2.75) is 19.1 Å². The van der Waals surface area contributed by atoms with Gasteiger partial charge >= 0.3 is 0 Å². The number of amides is 1. The minimum Gasteiger partial charge on any atom is -0.497 e. The number of aromatic nitrogens is 2. The van der Waals surface area contributed by atoms with Crippen molar-refractivity contribution in [1.82, 2.24) is 15.1 Å². The number of fused-ring (bicyclic) bond motifs is 1. The third-order valence-electron chi connectivity index (χ3n) is 5.91. The Labute approximate surface area is 220 Å². The monoisotopic (exact) mass is 563 g/mol. The highest BCUT2D eigenvalue weighted by Crippen LogP contribution is 2.30. The van der Waals surface area contributed by atoms with Gasteiger partial charge in [-0.25, -0.2) is 9.07 Å². The highest BCUT2D eigenvalue weighted by molar-refractivity contribution is 9.10. The maximum Gasteiger partial charge on any atom is 0.287 e.